The van der Waals surface area contributed by atoms with Gasteiger partial charge in [0, 0.05) is 5.75 Å². The maximum atomic E-state index is 9.35. The molecule has 0 aromatic carbocycles. The SMILES string of the molecule is C=CCOP(O)(=S)SCC=C.OP(O)(=S)S. The van der Waals surface area contributed by atoms with Crippen LogP contribution < -0.4 is 0 Å². The first-order valence-corrected chi connectivity index (χ1v) is 11.9. The molecule has 0 bridgehead atoms. The van der Waals surface area contributed by atoms with Gasteiger partial charge < -0.3 is 19.2 Å². The lowest BCUT2D eigenvalue weighted by atomic mass is 10.7. The zero-order chi connectivity index (χ0) is 13.2. The van der Waals surface area contributed by atoms with Crippen molar-refractivity contribution >= 4 is 58.6 Å². The molecule has 0 spiro atoms. The molecule has 4 nitrogen and oxygen atoms in total. The lowest BCUT2D eigenvalue weighted by molar-refractivity contribution is 0.361. The summed E-state index contributed by atoms with van der Waals surface area (Å²) in [6.45, 7) is 7.26. The Bertz CT molecular complexity index is 279. The van der Waals surface area contributed by atoms with Crippen LogP contribution in [0.5, 0.6) is 0 Å². The molecule has 1 unspecified atom stereocenters. The first kappa shape index (κ1) is 19.7. The van der Waals surface area contributed by atoms with Crippen molar-refractivity contribution in [2.75, 3.05) is 12.4 Å². The highest BCUT2D eigenvalue weighted by molar-refractivity contribution is 8.67. The molecular formula is C6H14O4P2S4. The fourth-order valence-corrected chi connectivity index (χ4v) is 3.01. The van der Waals surface area contributed by atoms with Crippen molar-refractivity contribution in [1.82, 2.24) is 0 Å². The van der Waals surface area contributed by atoms with E-state index in [4.69, 9.17) is 26.1 Å². The summed E-state index contributed by atoms with van der Waals surface area (Å²) in [7, 11) is 0. The molecule has 0 saturated carbocycles. The van der Waals surface area contributed by atoms with Gasteiger partial charge in [-0.15, -0.1) is 13.2 Å². The zero-order valence-electron chi connectivity index (χ0n) is 8.30. The van der Waals surface area contributed by atoms with E-state index < -0.39 is 11.4 Å². The Morgan fingerprint density at radius 2 is 1.69 bits per heavy atom. The Hall–Kier alpha value is 1.32. The predicted octanol–water partition coefficient (Wildman–Crippen LogP) is 2.45. The van der Waals surface area contributed by atoms with Gasteiger partial charge in [-0.2, -0.15) is 0 Å². The van der Waals surface area contributed by atoms with E-state index in [-0.39, 0.29) is 0 Å². The standard InChI is InChI=1S/C6H11O2PS2.H3O2PS2/c1-3-5-8-9(7,10)11-6-4-2;1-3(2,4)5/h3-4H,1-2,5-6H2,(H,7,10);(H3,1,2,4,5). The van der Waals surface area contributed by atoms with Gasteiger partial charge in [0.05, 0.1) is 6.61 Å². The minimum Gasteiger partial charge on any atom is -0.338 e. The van der Waals surface area contributed by atoms with Crippen molar-refractivity contribution in [2.45, 2.75) is 0 Å². The van der Waals surface area contributed by atoms with Gasteiger partial charge in [-0.05, 0) is 23.6 Å². The van der Waals surface area contributed by atoms with Crippen LogP contribution in [-0.2, 0) is 28.1 Å². The highest BCUT2D eigenvalue weighted by Gasteiger charge is 2.11. The number of thiol groups is 1. The Balaban J connectivity index is 0. The van der Waals surface area contributed by atoms with Gasteiger partial charge >= 0.3 is 0 Å². The second-order valence-electron chi connectivity index (χ2n) is 2.15. The maximum absolute atomic E-state index is 9.35. The second kappa shape index (κ2) is 10.3. The lowest BCUT2D eigenvalue weighted by Crippen LogP contribution is -1.85. The van der Waals surface area contributed by atoms with Crippen LogP contribution in [0.2, 0.25) is 0 Å². The van der Waals surface area contributed by atoms with Gasteiger partial charge in [0.2, 0.25) is 11.4 Å². The molecule has 0 amide bonds. The summed E-state index contributed by atoms with van der Waals surface area (Å²) in [5.41, 5.74) is -5.73. The number of hydrogen-bond donors (Lipinski definition) is 4. The smallest absolute Gasteiger partial charge is 0.245 e. The molecule has 16 heavy (non-hydrogen) atoms. The molecule has 0 radical (unpaired) electrons. The Morgan fingerprint density at radius 1 is 1.25 bits per heavy atom. The van der Waals surface area contributed by atoms with Gasteiger partial charge in [-0.25, -0.2) is 0 Å². The summed E-state index contributed by atoms with van der Waals surface area (Å²) < 4.78 is 4.96. The van der Waals surface area contributed by atoms with E-state index >= 15 is 0 Å². The largest absolute Gasteiger partial charge is 0.338 e. The topological polar surface area (TPSA) is 69.9 Å². The molecule has 3 N–H and O–H groups in total. The van der Waals surface area contributed by atoms with Crippen molar-refractivity contribution in [3.05, 3.63) is 25.3 Å². The quantitative estimate of drug-likeness (QED) is 0.336. The van der Waals surface area contributed by atoms with Crippen LogP contribution >= 0.6 is 35.0 Å². The molecule has 0 heterocycles. The summed E-state index contributed by atoms with van der Waals surface area (Å²) in [6, 6.07) is 0. The van der Waals surface area contributed by atoms with Crippen LogP contribution in [0.3, 0.4) is 0 Å². The van der Waals surface area contributed by atoms with E-state index in [1.165, 1.54) is 11.4 Å². The van der Waals surface area contributed by atoms with Crippen LogP contribution in [0.4, 0.5) is 0 Å². The second-order valence-corrected chi connectivity index (χ2v) is 13.4. The van der Waals surface area contributed by atoms with E-state index in [0.717, 1.165) is 0 Å². The summed E-state index contributed by atoms with van der Waals surface area (Å²) in [6.07, 6.45) is 3.24. The monoisotopic (exact) mass is 340 g/mol. The van der Waals surface area contributed by atoms with E-state index in [0.29, 0.717) is 12.4 Å². The average Bonchev–Trinajstić information content (AvgIpc) is 2.09. The third-order valence-electron chi connectivity index (χ3n) is 0.711. The van der Waals surface area contributed by atoms with Crippen molar-refractivity contribution in [3.63, 3.8) is 0 Å². The third kappa shape index (κ3) is 24.5. The summed E-state index contributed by atoms with van der Waals surface area (Å²) >= 11 is 13.1. The Morgan fingerprint density at radius 3 is 2.00 bits per heavy atom. The fourth-order valence-electron chi connectivity index (χ4n) is 0.331. The van der Waals surface area contributed by atoms with Crippen molar-refractivity contribution in [1.29, 1.82) is 0 Å². The first-order valence-electron chi connectivity index (χ1n) is 3.74. The van der Waals surface area contributed by atoms with E-state index in [1.807, 2.05) is 0 Å². The minimum atomic E-state index is -3.11. The number of rotatable bonds is 6. The molecule has 0 aromatic rings. The zero-order valence-corrected chi connectivity index (χ0v) is 13.4. The van der Waals surface area contributed by atoms with E-state index in [2.05, 4.69) is 37.2 Å². The van der Waals surface area contributed by atoms with Crippen LogP contribution in [0, 0.1) is 0 Å². The summed E-state index contributed by atoms with van der Waals surface area (Å²) in [4.78, 5) is 25.1. The lowest BCUT2D eigenvalue weighted by Gasteiger charge is -2.11. The molecule has 96 valence electrons. The van der Waals surface area contributed by atoms with Gasteiger partial charge in [0.1, 0.15) is 0 Å². The molecule has 0 fully saturated rings. The van der Waals surface area contributed by atoms with Crippen LogP contribution in [0.1, 0.15) is 0 Å². The van der Waals surface area contributed by atoms with Crippen LogP contribution in [0.15, 0.2) is 25.3 Å². The molecule has 0 aromatic heterocycles. The van der Waals surface area contributed by atoms with Crippen molar-refractivity contribution in [2.24, 2.45) is 0 Å². The van der Waals surface area contributed by atoms with Gasteiger partial charge in [0.25, 0.3) is 0 Å². The highest BCUT2D eigenvalue weighted by Crippen LogP contribution is 2.55. The fraction of sp³-hybridized carbons (Fsp3) is 0.333. The number of hydrogen-bond acceptors (Lipinski definition) is 4. The van der Waals surface area contributed by atoms with E-state index in [1.54, 1.807) is 12.2 Å². The van der Waals surface area contributed by atoms with E-state index in [9.17, 15) is 4.89 Å². The maximum Gasteiger partial charge on any atom is 0.245 e. The molecule has 0 saturated heterocycles. The molecule has 0 aliphatic carbocycles. The molecule has 0 aliphatic heterocycles. The molecule has 10 heteroatoms. The Kier molecular flexibility index (Phi) is 12.6. The van der Waals surface area contributed by atoms with Gasteiger partial charge in [-0.1, -0.05) is 35.8 Å². The molecule has 0 aliphatic rings. The Labute approximate surface area is 115 Å². The van der Waals surface area contributed by atoms with Crippen LogP contribution in [-0.4, -0.2) is 27.0 Å². The van der Waals surface area contributed by atoms with Crippen molar-refractivity contribution < 1.29 is 19.2 Å². The molecular weight excluding hydrogens is 326 g/mol. The average molecular weight is 340 g/mol. The highest BCUT2D eigenvalue weighted by atomic mass is 32.9. The van der Waals surface area contributed by atoms with Gasteiger partial charge in [-0.3, -0.25) is 0 Å². The van der Waals surface area contributed by atoms with Crippen LogP contribution in [0.25, 0.3) is 0 Å². The molecule has 0 rings (SSSR count). The molecule has 1 atom stereocenters. The minimum absolute atomic E-state index is 0.303. The summed E-state index contributed by atoms with van der Waals surface area (Å²) in [5.74, 6) is 0.616. The summed E-state index contributed by atoms with van der Waals surface area (Å²) in [5, 5.41) is 0. The normalized spacial score (nSPS) is 14.2. The first-order chi connectivity index (χ1) is 7.12. The predicted molar refractivity (Wildman–Crippen MR) is 83.0 cm³/mol. The third-order valence-corrected chi connectivity index (χ3v) is 4.90. The van der Waals surface area contributed by atoms with Gasteiger partial charge in [0.15, 0.2) is 0 Å². The van der Waals surface area contributed by atoms with Crippen molar-refractivity contribution in [3.8, 4) is 0 Å².